The van der Waals surface area contributed by atoms with E-state index in [4.69, 9.17) is 4.74 Å². The zero-order valence-electron chi connectivity index (χ0n) is 17.6. The lowest BCUT2D eigenvalue weighted by molar-refractivity contribution is -0.695. The molecule has 0 radical (unpaired) electrons. The van der Waals surface area contributed by atoms with Gasteiger partial charge < -0.3 is 4.74 Å². The van der Waals surface area contributed by atoms with E-state index in [1.807, 2.05) is 17.5 Å². The first-order chi connectivity index (χ1) is 13.0. The molecule has 0 unspecified atom stereocenters. The van der Waals surface area contributed by atoms with E-state index in [9.17, 15) is 0 Å². The number of halogens is 1. The van der Waals surface area contributed by atoms with Crippen molar-refractivity contribution in [1.29, 1.82) is 0 Å². The molecule has 3 nitrogen and oxygen atoms in total. The summed E-state index contributed by atoms with van der Waals surface area (Å²) in [6.07, 6.45) is 4.04. The van der Waals surface area contributed by atoms with Crippen molar-refractivity contribution >= 4 is 38.6 Å². The zero-order valence-corrected chi connectivity index (χ0v) is 20.8. The van der Waals surface area contributed by atoms with Gasteiger partial charge in [0.15, 0.2) is 6.20 Å². The van der Waals surface area contributed by atoms with Gasteiger partial charge in [0.2, 0.25) is 0 Å². The first-order valence-electron chi connectivity index (χ1n) is 9.32. The number of rotatable bonds is 4. The molecule has 0 aliphatic carbocycles. The number of thiophene rings is 2. The Labute approximate surface area is 184 Å². The maximum atomic E-state index is 5.53. The molecule has 0 N–H and O–H groups in total. The molecule has 0 aliphatic heterocycles. The summed E-state index contributed by atoms with van der Waals surface area (Å²) < 4.78 is 8.78. The van der Waals surface area contributed by atoms with Gasteiger partial charge >= 0.3 is 6.01 Å². The molecular formula is C22H28BrN2OS2+. The van der Waals surface area contributed by atoms with E-state index >= 15 is 0 Å². The van der Waals surface area contributed by atoms with Gasteiger partial charge in [0.25, 0.3) is 0 Å². The molecule has 3 aromatic heterocycles. The number of hydrogen-bond acceptors (Lipinski definition) is 4. The quantitative estimate of drug-likeness (QED) is 0.395. The lowest BCUT2D eigenvalue weighted by Crippen LogP contribution is -2.36. The standard InChI is InChI=1S/C22H28BrN2OS2/c1-21(2,3)17-9-8-16(27-17)15-11-24-20(26-7)25(13-15)12-14-10-18(22(4,5)6)28-19(14)23/h8-11,13H,12H2,1-7H3/q+1. The van der Waals surface area contributed by atoms with Gasteiger partial charge in [-0.25, -0.2) is 0 Å². The summed E-state index contributed by atoms with van der Waals surface area (Å²) >= 11 is 7.38. The maximum absolute atomic E-state index is 5.53. The molecule has 0 spiro atoms. The van der Waals surface area contributed by atoms with Gasteiger partial charge in [-0.15, -0.1) is 22.7 Å². The van der Waals surface area contributed by atoms with E-state index in [-0.39, 0.29) is 10.8 Å². The van der Waals surface area contributed by atoms with Crippen LogP contribution in [0.15, 0.2) is 34.4 Å². The van der Waals surface area contributed by atoms with Crippen LogP contribution >= 0.6 is 38.6 Å². The van der Waals surface area contributed by atoms with Crippen molar-refractivity contribution in [2.45, 2.75) is 58.9 Å². The Hall–Kier alpha value is -1.24. The van der Waals surface area contributed by atoms with Crippen LogP contribution in [0.1, 0.15) is 56.9 Å². The molecule has 6 heteroatoms. The van der Waals surface area contributed by atoms with E-state index in [0.29, 0.717) is 12.6 Å². The zero-order chi connectivity index (χ0) is 20.7. The fraction of sp³-hybridized carbons (Fsp3) is 0.455. The van der Waals surface area contributed by atoms with Crippen molar-refractivity contribution in [3.63, 3.8) is 0 Å². The minimum atomic E-state index is 0.139. The lowest BCUT2D eigenvalue weighted by Gasteiger charge is -2.15. The summed E-state index contributed by atoms with van der Waals surface area (Å²) in [6.45, 7) is 14.2. The molecule has 0 aliphatic rings. The predicted molar refractivity (Wildman–Crippen MR) is 123 cm³/mol. The van der Waals surface area contributed by atoms with Gasteiger partial charge in [0.1, 0.15) is 12.7 Å². The highest BCUT2D eigenvalue weighted by Gasteiger charge is 2.23. The van der Waals surface area contributed by atoms with Crippen LogP contribution in [0.5, 0.6) is 6.01 Å². The number of methoxy groups -OCH3 is 1. The van der Waals surface area contributed by atoms with E-state index in [0.717, 1.165) is 5.56 Å². The molecule has 0 amide bonds. The Balaban J connectivity index is 1.96. The summed E-state index contributed by atoms with van der Waals surface area (Å²) in [6, 6.07) is 7.32. The third-order valence-electron chi connectivity index (χ3n) is 4.50. The summed E-state index contributed by atoms with van der Waals surface area (Å²) in [5.74, 6) is 0. The van der Waals surface area contributed by atoms with Crippen LogP contribution in [0.3, 0.4) is 0 Å². The van der Waals surface area contributed by atoms with Crippen LogP contribution in [0.4, 0.5) is 0 Å². The number of nitrogens with zero attached hydrogens (tertiary/aromatic N) is 2. The average molecular weight is 481 g/mol. The molecule has 28 heavy (non-hydrogen) atoms. The van der Waals surface area contributed by atoms with Crippen molar-refractivity contribution in [2.24, 2.45) is 0 Å². The lowest BCUT2D eigenvalue weighted by atomic mass is 9.94. The molecule has 0 atom stereocenters. The summed E-state index contributed by atoms with van der Waals surface area (Å²) in [5.41, 5.74) is 2.66. The second kappa shape index (κ2) is 7.88. The molecule has 150 valence electrons. The molecule has 0 aromatic carbocycles. The second-order valence-corrected chi connectivity index (χ2v) is 12.5. The first-order valence-corrected chi connectivity index (χ1v) is 11.7. The van der Waals surface area contributed by atoms with Gasteiger partial charge in [-0.1, -0.05) is 41.5 Å². The Bertz CT molecular complexity index is 977. The smallest absolute Gasteiger partial charge is 0.431 e. The second-order valence-electron chi connectivity index (χ2n) is 9.03. The minimum absolute atomic E-state index is 0.139. The van der Waals surface area contributed by atoms with E-state index in [2.05, 4.69) is 91.4 Å². The summed E-state index contributed by atoms with van der Waals surface area (Å²) in [7, 11) is 1.67. The van der Waals surface area contributed by atoms with Crippen molar-refractivity contribution in [3.05, 3.63) is 49.7 Å². The fourth-order valence-electron chi connectivity index (χ4n) is 2.83. The Morgan fingerprint density at radius 2 is 1.71 bits per heavy atom. The molecule has 0 saturated carbocycles. The van der Waals surface area contributed by atoms with Crippen LogP contribution in [-0.2, 0) is 17.4 Å². The van der Waals surface area contributed by atoms with E-state index in [1.54, 1.807) is 18.4 Å². The highest BCUT2D eigenvalue weighted by atomic mass is 79.9. The third kappa shape index (κ3) is 4.66. The average Bonchev–Trinajstić information content (AvgIpc) is 3.22. The normalized spacial score (nSPS) is 12.4. The van der Waals surface area contributed by atoms with Gasteiger partial charge in [-0.2, -0.15) is 4.57 Å². The van der Waals surface area contributed by atoms with Crippen LogP contribution in [-0.4, -0.2) is 12.1 Å². The van der Waals surface area contributed by atoms with Crippen molar-refractivity contribution < 1.29 is 9.30 Å². The Morgan fingerprint density at radius 3 is 2.25 bits per heavy atom. The fourth-order valence-corrected chi connectivity index (χ4v) is 5.59. The highest BCUT2D eigenvalue weighted by molar-refractivity contribution is 9.11. The van der Waals surface area contributed by atoms with Gasteiger partial charge in [0, 0.05) is 20.2 Å². The predicted octanol–water partition coefficient (Wildman–Crippen LogP) is 6.57. The summed E-state index contributed by atoms with van der Waals surface area (Å²) in [5, 5.41) is 0. The number of ether oxygens (including phenoxy) is 1. The monoisotopic (exact) mass is 479 g/mol. The first kappa shape index (κ1) is 21.5. The molecule has 0 saturated heterocycles. The van der Waals surface area contributed by atoms with Crippen molar-refractivity contribution in [3.8, 4) is 16.5 Å². The molecule has 3 heterocycles. The van der Waals surface area contributed by atoms with Crippen LogP contribution in [0, 0.1) is 0 Å². The van der Waals surface area contributed by atoms with Crippen LogP contribution in [0.25, 0.3) is 10.4 Å². The molecule has 0 bridgehead atoms. The molecule has 3 rings (SSSR count). The maximum Gasteiger partial charge on any atom is 0.498 e. The summed E-state index contributed by atoms with van der Waals surface area (Å²) in [4.78, 5) is 8.53. The van der Waals surface area contributed by atoms with Crippen molar-refractivity contribution in [1.82, 2.24) is 4.98 Å². The highest BCUT2D eigenvalue weighted by Crippen LogP contribution is 2.36. The molecule has 3 aromatic rings. The third-order valence-corrected chi connectivity index (χ3v) is 8.45. The van der Waals surface area contributed by atoms with Crippen LogP contribution in [0.2, 0.25) is 0 Å². The topological polar surface area (TPSA) is 26.0 Å². The minimum Gasteiger partial charge on any atom is -0.431 e. The van der Waals surface area contributed by atoms with Crippen LogP contribution < -0.4 is 9.30 Å². The van der Waals surface area contributed by atoms with E-state index in [1.165, 1.54) is 24.0 Å². The van der Waals surface area contributed by atoms with E-state index < -0.39 is 0 Å². The number of hydrogen-bond donors (Lipinski definition) is 0. The Morgan fingerprint density at radius 1 is 1.04 bits per heavy atom. The van der Waals surface area contributed by atoms with Crippen molar-refractivity contribution in [2.75, 3.05) is 7.11 Å². The largest absolute Gasteiger partial charge is 0.498 e. The van der Waals surface area contributed by atoms with Gasteiger partial charge in [-0.3, -0.25) is 0 Å². The SMILES string of the molecule is COc1ncc(-c2ccc(C(C)(C)C)s2)c[n+]1Cc1cc(C(C)(C)C)sc1Br. The number of aromatic nitrogens is 2. The van der Waals surface area contributed by atoms with Gasteiger partial charge in [-0.05, 0) is 49.9 Å². The molecule has 0 fully saturated rings. The van der Waals surface area contributed by atoms with Gasteiger partial charge in [0.05, 0.1) is 16.5 Å². The molecular weight excluding hydrogens is 452 g/mol. The Kier molecular flexibility index (Phi) is 6.04.